The van der Waals surface area contributed by atoms with Gasteiger partial charge in [0.05, 0.1) is 11.1 Å². The number of carbonyl (C=O) groups is 1. The average molecular weight is 269 g/mol. The molecule has 0 spiro atoms. The molecule has 0 amide bonds. The molecule has 3 nitrogen and oxygen atoms in total. The zero-order chi connectivity index (χ0) is 14.5. The number of hydrogen-bond acceptors (Lipinski definition) is 3. The van der Waals surface area contributed by atoms with Crippen LogP contribution in [-0.4, -0.2) is 42.0 Å². The van der Waals surface area contributed by atoms with Gasteiger partial charge < -0.3 is 4.74 Å². The molecule has 0 aromatic rings. The molecular formula is C16H31NO2. The third-order valence-corrected chi connectivity index (χ3v) is 4.91. The zero-order valence-corrected chi connectivity index (χ0v) is 13.4. The maximum atomic E-state index is 12.8. The Kier molecular flexibility index (Phi) is 6.00. The van der Waals surface area contributed by atoms with Crippen LogP contribution in [0.1, 0.15) is 66.2 Å². The van der Waals surface area contributed by atoms with Crippen molar-refractivity contribution in [3.63, 3.8) is 0 Å². The predicted molar refractivity (Wildman–Crippen MR) is 79.4 cm³/mol. The third kappa shape index (κ3) is 3.79. The van der Waals surface area contributed by atoms with Gasteiger partial charge >= 0.3 is 0 Å². The molecule has 1 aliphatic heterocycles. The molecule has 0 atom stereocenters. The van der Waals surface area contributed by atoms with E-state index in [0.717, 1.165) is 32.4 Å². The lowest BCUT2D eigenvalue weighted by molar-refractivity contribution is -0.132. The molecule has 0 N–H and O–H groups in total. The molecule has 1 rings (SSSR count). The fourth-order valence-corrected chi connectivity index (χ4v) is 3.16. The summed E-state index contributed by atoms with van der Waals surface area (Å²) in [4.78, 5) is 15.2. The van der Waals surface area contributed by atoms with Crippen LogP contribution in [0.2, 0.25) is 0 Å². The number of likely N-dealkylation sites (tertiary alicyclic amines) is 1. The second kappa shape index (κ2) is 6.85. The summed E-state index contributed by atoms with van der Waals surface area (Å²) in [6.07, 6.45) is 5.75. The van der Waals surface area contributed by atoms with E-state index in [1.54, 1.807) is 7.11 Å². The quantitative estimate of drug-likeness (QED) is 0.676. The number of ether oxygens (including phenoxy) is 1. The smallest absolute Gasteiger partial charge is 0.153 e. The van der Waals surface area contributed by atoms with E-state index in [0.29, 0.717) is 12.2 Å². The molecule has 0 bridgehead atoms. The Balaban J connectivity index is 2.72. The number of carbonyl (C=O) groups excluding carboxylic acids is 1. The molecule has 1 saturated heterocycles. The van der Waals surface area contributed by atoms with Crippen LogP contribution in [0.15, 0.2) is 0 Å². The van der Waals surface area contributed by atoms with Crippen molar-refractivity contribution < 1.29 is 9.53 Å². The molecule has 0 radical (unpaired) electrons. The number of nitrogens with zero attached hydrogens (tertiary/aromatic N) is 1. The Morgan fingerprint density at radius 2 is 1.68 bits per heavy atom. The standard InChI is InChI=1S/C16H31NO2/c1-6-16(7-2,17-12-8-9-13-17)14(18)10-11-15(3,4)19-5/h6-13H2,1-5H3. The highest BCUT2D eigenvalue weighted by Gasteiger charge is 2.41. The van der Waals surface area contributed by atoms with Gasteiger partial charge in [-0.2, -0.15) is 0 Å². The van der Waals surface area contributed by atoms with Crippen LogP contribution in [0.5, 0.6) is 0 Å². The van der Waals surface area contributed by atoms with E-state index >= 15 is 0 Å². The van der Waals surface area contributed by atoms with Crippen LogP contribution >= 0.6 is 0 Å². The first-order chi connectivity index (χ1) is 8.91. The first-order valence-corrected chi connectivity index (χ1v) is 7.75. The van der Waals surface area contributed by atoms with Crippen molar-refractivity contribution in [1.29, 1.82) is 0 Å². The maximum absolute atomic E-state index is 12.8. The fourth-order valence-electron chi connectivity index (χ4n) is 3.16. The van der Waals surface area contributed by atoms with E-state index in [2.05, 4.69) is 32.6 Å². The summed E-state index contributed by atoms with van der Waals surface area (Å²) in [5, 5.41) is 0. The summed E-state index contributed by atoms with van der Waals surface area (Å²) in [6, 6.07) is 0. The van der Waals surface area contributed by atoms with Crippen molar-refractivity contribution in [1.82, 2.24) is 4.90 Å². The average Bonchev–Trinajstić information content (AvgIpc) is 2.93. The molecule has 1 fully saturated rings. The van der Waals surface area contributed by atoms with Gasteiger partial charge in [0.1, 0.15) is 0 Å². The minimum absolute atomic E-state index is 0.201. The summed E-state index contributed by atoms with van der Waals surface area (Å²) < 4.78 is 5.43. The van der Waals surface area contributed by atoms with Gasteiger partial charge in [-0.15, -0.1) is 0 Å². The highest BCUT2D eigenvalue weighted by molar-refractivity contribution is 5.88. The monoisotopic (exact) mass is 269 g/mol. The van der Waals surface area contributed by atoms with Gasteiger partial charge in [-0.1, -0.05) is 13.8 Å². The van der Waals surface area contributed by atoms with Crippen molar-refractivity contribution in [2.75, 3.05) is 20.2 Å². The number of ketones is 1. The van der Waals surface area contributed by atoms with Crippen LogP contribution in [0.25, 0.3) is 0 Å². The molecule has 3 heteroatoms. The van der Waals surface area contributed by atoms with Gasteiger partial charge in [-0.25, -0.2) is 0 Å². The Morgan fingerprint density at radius 3 is 2.11 bits per heavy atom. The van der Waals surface area contributed by atoms with E-state index < -0.39 is 0 Å². The van der Waals surface area contributed by atoms with Gasteiger partial charge in [0.2, 0.25) is 0 Å². The normalized spacial score (nSPS) is 17.9. The molecule has 0 aliphatic carbocycles. The Morgan fingerprint density at radius 1 is 1.16 bits per heavy atom. The molecule has 0 saturated carbocycles. The Hall–Kier alpha value is -0.410. The molecule has 1 heterocycles. The third-order valence-electron chi connectivity index (χ3n) is 4.91. The minimum Gasteiger partial charge on any atom is -0.379 e. The van der Waals surface area contributed by atoms with Crippen LogP contribution in [-0.2, 0) is 9.53 Å². The largest absolute Gasteiger partial charge is 0.379 e. The van der Waals surface area contributed by atoms with Crippen molar-refractivity contribution in [3.05, 3.63) is 0 Å². The first kappa shape index (κ1) is 16.6. The highest BCUT2D eigenvalue weighted by atomic mass is 16.5. The molecule has 0 aromatic heterocycles. The summed E-state index contributed by atoms with van der Waals surface area (Å²) in [5.74, 6) is 0.407. The second-order valence-corrected chi connectivity index (χ2v) is 6.32. The SMILES string of the molecule is CCC(CC)(C(=O)CCC(C)(C)OC)N1CCCC1. The first-order valence-electron chi connectivity index (χ1n) is 7.75. The number of Topliss-reactive ketones (excluding diaryl/α,β-unsaturated/α-hetero) is 1. The Labute approximate surface area is 118 Å². The molecule has 1 aliphatic rings. The second-order valence-electron chi connectivity index (χ2n) is 6.32. The van der Waals surface area contributed by atoms with Crippen molar-refractivity contribution in [2.24, 2.45) is 0 Å². The van der Waals surface area contributed by atoms with E-state index in [1.807, 2.05) is 0 Å². The minimum atomic E-state index is -0.222. The lowest BCUT2D eigenvalue weighted by Gasteiger charge is -2.40. The van der Waals surface area contributed by atoms with Crippen LogP contribution in [0, 0.1) is 0 Å². The molecule has 19 heavy (non-hydrogen) atoms. The number of methoxy groups -OCH3 is 1. The van der Waals surface area contributed by atoms with E-state index in [9.17, 15) is 4.79 Å². The molecular weight excluding hydrogens is 238 g/mol. The van der Waals surface area contributed by atoms with Crippen LogP contribution in [0.4, 0.5) is 0 Å². The number of hydrogen-bond donors (Lipinski definition) is 0. The van der Waals surface area contributed by atoms with E-state index in [-0.39, 0.29) is 11.1 Å². The lowest BCUT2D eigenvalue weighted by Crippen LogP contribution is -2.53. The van der Waals surface area contributed by atoms with Crippen molar-refractivity contribution in [3.8, 4) is 0 Å². The summed E-state index contributed by atoms with van der Waals surface area (Å²) in [5.41, 5.74) is -0.422. The summed E-state index contributed by atoms with van der Waals surface area (Å²) in [6.45, 7) is 10.6. The van der Waals surface area contributed by atoms with E-state index in [1.165, 1.54) is 12.8 Å². The summed E-state index contributed by atoms with van der Waals surface area (Å²) in [7, 11) is 1.72. The van der Waals surface area contributed by atoms with Crippen LogP contribution < -0.4 is 0 Å². The van der Waals surface area contributed by atoms with Crippen LogP contribution in [0.3, 0.4) is 0 Å². The van der Waals surface area contributed by atoms with Gasteiger partial charge in [0.15, 0.2) is 5.78 Å². The predicted octanol–water partition coefficient (Wildman–Crippen LogP) is 3.42. The van der Waals surface area contributed by atoms with Crippen molar-refractivity contribution in [2.45, 2.75) is 77.4 Å². The number of rotatable bonds is 8. The molecule has 112 valence electrons. The molecule has 0 aromatic carbocycles. The topological polar surface area (TPSA) is 29.5 Å². The Bertz CT molecular complexity index is 289. The zero-order valence-electron chi connectivity index (χ0n) is 13.4. The molecule has 0 unspecified atom stereocenters. The summed E-state index contributed by atoms with van der Waals surface area (Å²) >= 11 is 0. The van der Waals surface area contributed by atoms with Gasteiger partial charge in [-0.3, -0.25) is 9.69 Å². The van der Waals surface area contributed by atoms with Gasteiger partial charge in [0, 0.05) is 13.5 Å². The maximum Gasteiger partial charge on any atom is 0.153 e. The van der Waals surface area contributed by atoms with Gasteiger partial charge in [-0.05, 0) is 59.0 Å². The van der Waals surface area contributed by atoms with Crippen molar-refractivity contribution >= 4 is 5.78 Å². The van der Waals surface area contributed by atoms with E-state index in [4.69, 9.17) is 4.74 Å². The lowest BCUT2D eigenvalue weighted by atomic mass is 9.82. The fraction of sp³-hybridized carbons (Fsp3) is 0.938. The highest BCUT2D eigenvalue weighted by Crippen LogP contribution is 2.31. The van der Waals surface area contributed by atoms with Gasteiger partial charge in [0.25, 0.3) is 0 Å².